The Morgan fingerprint density at radius 3 is 3.12 bits per heavy atom. The minimum absolute atomic E-state index is 0.0466. The summed E-state index contributed by atoms with van der Waals surface area (Å²) in [7, 11) is 0. The van der Waals surface area contributed by atoms with Gasteiger partial charge >= 0.3 is 0 Å². The summed E-state index contributed by atoms with van der Waals surface area (Å²) < 4.78 is 0. The van der Waals surface area contributed by atoms with Gasteiger partial charge in [-0.2, -0.15) is 0 Å². The van der Waals surface area contributed by atoms with E-state index in [0.717, 1.165) is 24.8 Å². The third-order valence-electron chi connectivity index (χ3n) is 3.16. The number of nitrogen functional groups attached to an aromatic ring is 1. The molecule has 94 valence electrons. The number of rotatable bonds is 3. The van der Waals surface area contributed by atoms with E-state index in [1.165, 1.54) is 16.2 Å². The maximum Gasteiger partial charge on any atom is 0.254 e. The molecule has 1 atom stereocenters. The van der Waals surface area contributed by atoms with Crippen LogP contribution in [0.3, 0.4) is 0 Å². The number of thiophene rings is 1. The highest BCUT2D eigenvalue weighted by molar-refractivity contribution is 7.16. The van der Waals surface area contributed by atoms with Gasteiger partial charge < -0.3 is 16.2 Å². The Balaban J connectivity index is 2.25. The molecule has 1 aliphatic carbocycles. The summed E-state index contributed by atoms with van der Waals surface area (Å²) in [5, 5.41) is 12.0. The molecule has 0 bridgehead atoms. The van der Waals surface area contributed by atoms with E-state index >= 15 is 0 Å². The lowest BCUT2D eigenvalue weighted by atomic mass is 9.88. The summed E-state index contributed by atoms with van der Waals surface area (Å²) >= 11 is 1.54. The molecule has 0 unspecified atom stereocenters. The molecule has 4 nitrogen and oxygen atoms in total. The molecule has 2 rings (SSSR count). The van der Waals surface area contributed by atoms with Gasteiger partial charge in [0.2, 0.25) is 0 Å². The van der Waals surface area contributed by atoms with Gasteiger partial charge in [0.05, 0.1) is 17.2 Å². The van der Waals surface area contributed by atoms with Gasteiger partial charge in [-0.25, -0.2) is 0 Å². The minimum atomic E-state index is -0.149. The SMILES string of the molecule is C[C@@H]1CCc2c(sc(N)c2C(=O)NCCO)C1. The molecule has 1 aromatic heterocycles. The number of carbonyl (C=O) groups is 1. The number of carbonyl (C=O) groups excluding carboxylic acids is 1. The highest BCUT2D eigenvalue weighted by Crippen LogP contribution is 2.37. The van der Waals surface area contributed by atoms with E-state index in [4.69, 9.17) is 10.8 Å². The summed E-state index contributed by atoms with van der Waals surface area (Å²) in [6.45, 7) is 2.46. The average Bonchev–Trinajstić information content (AvgIpc) is 2.61. The first-order valence-electron chi connectivity index (χ1n) is 5.92. The van der Waals surface area contributed by atoms with E-state index in [1.807, 2.05) is 0 Å². The number of nitrogens with two attached hydrogens (primary N) is 1. The molecular weight excluding hydrogens is 236 g/mol. The molecule has 4 N–H and O–H groups in total. The number of amides is 1. The van der Waals surface area contributed by atoms with E-state index < -0.39 is 0 Å². The van der Waals surface area contributed by atoms with Crippen molar-refractivity contribution in [3.63, 3.8) is 0 Å². The first-order chi connectivity index (χ1) is 8.13. The zero-order valence-corrected chi connectivity index (χ0v) is 10.8. The summed E-state index contributed by atoms with van der Waals surface area (Å²) in [4.78, 5) is 13.2. The van der Waals surface area contributed by atoms with Gasteiger partial charge in [-0.1, -0.05) is 6.92 Å². The van der Waals surface area contributed by atoms with Crippen molar-refractivity contribution in [3.8, 4) is 0 Å². The Kier molecular flexibility index (Phi) is 3.69. The van der Waals surface area contributed by atoms with E-state index in [9.17, 15) is 4.79 Å². The zero-order chi connectivity index (χ0) is 12.4. The van der Waals surface area contributed by atoms with E-state index in [1.54, 1.807) is 0 Å². The van der Waals surface area contributed by atoms with Crippen molar-refractivity contribution in [1.29, 1.82) is 0 Å². The lowest BCUT2D eigenvalue weighted by Crippen LogP contribution is -2.28. The summed E-state index contributed by atoms with van der Waals surface area (Å²) in [5.74, 6) is 0.525. The standard InChI is InChI=1S/C12H18N2O2S/c1-7-2-3-8-9(6-7)17-11(13)10(8)12(16)14-4-5-15/h7,15H,2-6,13H2,1H3,(H,14,16)/t7-/m1/s1. The van der Waals surface area contributed by atoms with Crippen molar-refractivity contribution in [2.24, 2.45) is 5.92 Å². The first-order valence-corrected chi connectivity index (χ1v) is 6.74. The van der Waals surface area contributed by atoms with Gasteiger partial charge in [0.15, 0.2) is 0 Å². The van der Waals surface area contributed by atoms with Crippen LogP contribution in [0, 0.1) is 5.92 Å². The second-order valence-electron chi connectivity index (χ2n) is 4.57. The van der Waals surface area contributed by atoms with Gasteiger partial charge in [0.1, 0.15) is 0 Å². The van der Waals surface area contributed by atoms with Gasteiger partial charge in [-0.05, 0) is 30.7 Å². The van der Waals surface area contributed by atoms with Crippen LogP contribution in [-0.4, -0.2) is 24.2 Å². The van der Waals surface area contributed by atoms with Crippen LogP contribution in [0.4, 0.5) is 5.00 Å². The van der Waals surface area contributed by atoms with Crippen molar-refractivity contribution in [2.75, 3.05) is 18.9 Å². The molecule has 0 saturated carbocycles. The Morgan fingerprint density at radius 1 is 1.65 bits per heavy atom. The average molecular weight is 254 g/mol. The number of aliphatic hydroxyl groups is 1. The van der Waals surface area contributed by atoms with E-state index in [0.29, 0.717) is 16.5 Å². The van der Waals surface area contributed by atoms with Crippen LogP contribution < -0.4 is 11.1 Å². The molecule has 1 aromatic rings. The van der Waals surface area contributed by atoms with Crippen LogP contribution >= 0.6 is 11.3 Å². The van der Waals surface area contributed by atoms with Gasteiger partial charge in [-0.3, -0.25) is 4.79 Å². The molecule has 0 spiro atoms. The van der Waals surface area contributed by atoms with Crippen LogP contribution in [0.25, 0.3) is 0 Å². The van der Waals surface area contributed by atoms with E-state index in [-0.39, 0.29) is 19.1 Å². The minimum Gasteiger partial charge on any atom is -0.395 e. The van der Waals surface area contributed by atoms with E-state index in [2.05, 4.69) is 12.2 Å². The fourth-order valence-corrected chi connectivity index (χ4v) is 3.56. The second kappa shape index (κ2) is 5.06. The van der Waals surface area contributed by atoms with Crippen LogP contribution in [0.5, 0.6) is 0 Å². The van der Waals surface area contributed by atoms with Crippen molar-refractivity contribution in [2.45, 2.75) is 26.2 Å². The predicted molar refractivity (Wildman–Crippen MR) is 69.3 cm³/mol. The highest BCUT2D eigenvalue weighted by atomic mass is 32.1. The number of fused-ring (bicyclic) bond motifs is 1. The van der Waals surface area contributed by atoms with Gasteiger partial charge in [0, 0.05) is 11.4 Å². The molecule has 5 heteroatoms. The molecule has 0 aliphatic heterocycles. The molecule has 0 saturated heterocycles. The summed E-state index contributed by atoms with van der Waals surface area (Å²) in [5.41, 5.74) is 7.70. The van der Waals surface area contributed by atoms with Crippen molar-refractivity contribution in [3.05, 3.63) is 16.0 Å². The van der Waals surface area contributed by atoms with Gasteiger partial charge in [0.25, 0.3) is 5.91 Å². The highest BCUT2D eigenvalue weighted by Gasteiger charge is 2.26. The monoisotopic (exact) mass is 254 g/mol. The molecule has 0 fully saturated rings. The Bertz CT molecular complexity index is 428. The van der Waals surface area contributed by atoms with Crippen molar-refractivity contribution in [1.82, 2.24) is 5.32 Å². The van der Waals surface area contributed by atoms with Crippen molar-refractivity contribution < 1.29 is 9.90 Å². The maximum absolute atomic E-state index is 11.9. The van der Waals surface area contributed by atoms with Crippen molar-refractivity contribution >= 4 is 22.2 Å². The summed E-state index contributed by atoms with van der Waals surface area (Å²) in [6, 6.07) is 0. The lowest BCUT2D eigenvalue weighted by molar-refractivity contribution is 0.0945. The molecule has 0 aromatic carbocycles. The smallest absolute Gasteiger partial charge is 0.254 e. The van der Waals surface area contributed by atoms with Crippen LogP contribution in [0.1, 0.15) is 34.1 Å². The zero-order valence-electron chi connectivity index (χ0n) is 9.95. The molecule has 1 aliphatic rings. The third kappa shape index (κ3) is 2.45. The second-order valence-corrected chi connectivity index (χ2v) is 5.71. The molecule has 1 heterocycles. The topological polar surface area (TPSA) is 75.4 Å². The Hall–Kier alpha value is -1.07. The lowest BCUT2D eigenvalue weighted by Gasteiger charge is -2.18. The van der Waals surface area contributed by atoms with Crippen LogP contribution in [0.15, 0.2) is 0 Å². The van der Waals surface area contributed by atoms with Gasteiger partial charge in [-0.15, -0.1) is 11.3 Å². The normalized spacial score (nSPS) is 18.8. The molecule has 1 amide bonds. The number of nitrogens with one attached hydrogen (secondary N) is 1. The van der Waals surface area contributed by atoms with Crippen LogP contribution in [0.2, 0.25) is 0 Å². The number of hydrogen-bond donors (Lipinski definition) is 3. The first kappa shape index (κ1) is 12.4. The Labute approximate surface area is 105 Å². The molecule has 17 heavy (non-hydrogen) atoms. The maximum atomic E-state index is 11.9. The fraction of sp³-hybridized carbons (Fsp3) is 0.583. The molecular formula is C12H18N2O2S. The largest absolute Gasteiger partial charge is 0.395 e. The number of aliphatic hydroxyl groups excluding tert-OH is 1. The molecule has 0 radical (unpaired) electrons. The fourth-order valence-electron chi connectivity index (χ4n) is 2.28. The van der Waals surface area contributed by atoms with Crippen LogP contribution in [-0.2, 0) is 12.8 Å². The Morgan fingerprint density at radius 2 is 2.41 bits per heavy atom. The summed E-state index contributed by atoms with van der Waals surface area (Å²) in [6.07, 6.45) is 3.08. The quantitative estimate of drug-likeness (QED) is 0.758. The number of hydrogen-bond acceptors (Lipinski definition) is 4. The predicted octanol–water partition coefficient (Wildman–Crippen LogP) is 1.18. The number of anilines is 1. The third-order valence-corrected chi connectivity index (χ3v) is 4.25.